The van der Waals surface area contributed by atoms with Crippen molar-refractivity contribution in [2.24, 2.45) is 17.8 Å². The van der Waals surface area contributed by atoms with Crippen LogP contribution in [0.2, 0.25) is 0 Å². The Hall–Kier alpha value is -0.520. The first-order chi connectivity index (χ1) is 8.66. The van der Waals surface area contributed by atoms with Gasteiger partial charge in [0.1, 0.15) is 0 Å². The molecular formula is C18H34. The van der Waals surface area contributed by atoms with Gasteiger partial charge in [-0.3, -0.25) is 0 Å². The minimum atomic E-state index is 0.811. The van der Waals surface area contributed by atoms with Gasteiger partial charge in [0, 0.05) is 0 Å². The summed E-state index contributed by atoms with van der Waals surface area (Å²) in [6, 6.07) is 0. The molecule has 106 valence electrons. The molecule has 18 heavy (non-hydrogen) atoms. The first-order valence-corrected chi connectivity index (χ1v) is 8.03. The zero-order valence-corrected chi connectivity index (χ0v) is 13.6. The third kappa shape index (κ3) is 5.00. The van der Waals surface area contributed by atoms with E-state index in [2.05, 4.69) is 26.5 Å². The van der Waals surface area contributed by atoms with Crippen molar-refractivity contribution in [2.75, 3.05) is 0 Å². The van der Waals surface area contributed by atoms with Crippen molar-refractivity contribution in [3.8, 4) is 0 Å². The molecule has 2 aliphatic rings. The lowest BCUT2D eigenvalue weighted by Crippen LogP contribution is -2.22. The fraction of sp³-hybridized carbons (Fsp3) is 0.778. The topological polar surface area (TPSA) is 0 Å². The van der Waals surface area contributed by atoms with Crippen LogP contribution in [-0.4, -0.2) is 0 Å². The highest BCUT2D eigenvalue weighted by atomic mass is 14.3. The molecule has 0 amide bonds. The molecular weight excluding hydrogens is 216 g/mol. The molecule has 0 saturated heterocycles. The molecule has 3 unspecified atom stereocenters. The number of allylic oxidation sites excluding steroid dienone is 3. The second kappa shape index (κ2) is 9.42. The standard InChI is InChI=1S/C14H22.2C2H6/c1-10(2)12-6-7-13-8-11(3)4-5-14(13)9-12;2*1-2/h8,11-12,14H,1,4-7,9H2,2-3H3;2*1-2H3. The smallest absolute Gasteiger partial charge is 0.0197 e. The molecule has 0 bridgehead atoms. The van der Waals surface area contributed by atoms with Gasteiger partial charge >= 0.3 is 0 Å². The van der Waals surface area contributed by atoms with Gasteiger partial charge in [0.25, 0.3) is 0 Å². The third-order valence-electron chi connectivity index (χ3n) is 4.04. The van der Waals surface area contributed by atoms with Gasteiger partial charge in [-0.15, -0.1) is 0 Å². The van der Waals surface area contributed by atoms with Crippen LogP contribution in [-0.2, 0) is 0 Å². The minimum absolute atomic E-state index is 0.811. The highest BCUT2D eigenvalue weighted by Crippen LogP contribution is 2.42. The SMILES string of the molecule is C=C(C)C1CCC2=CC(C)CCC2C1.CC.CC. The summed E-state index contributed by atoms with van der Waals surface area (Å²) >= 11 is 0. The van der Waals surface area contributed by atoms with Gasteiger partial charge in [-0.1, -0.05) is 58.4 Å². The summed E-state index contributed by atoms with van der Waals surface area (Å²) in [4.78, 5) is 0. The van der Waals surface area contributed by atoms with Crippen LogP contribution in [0.4, 0.5) is 0 Å². The second-order valence-electron chi connectivity index (χ2n) is 5.31. The quantitative estimate of drug-likeness (QED) is 0.473. The van der Waals surface area contributed by atoms with E-state index in [4.69, 9.17) is 0 Å². The zero-order valence-electron chi connectivity index (χ0n) is 13.6. The van der Waals surface area contributed by atoms with Crippen molar-refractivity contribution < 1.29 is 0 Å². The summed E-state index contributed by atoms with van der Waals surface area (Å²) in [6.45, 7) is 16.7. The lowest BCUT2D eigenvalue weighted by Gasteiger charge is -2.36. The number of hydrogen-bond acceptors (Lipinski definition) is 0. The summed E-state index contributed by atoms with van der Waals surface area (Å²) in [6.07, 6.45) is 9.45. The van der Waals surface area contributed by atoms with E-state index in [-0.39, 0.29) is 0 Å². The molecule has 0 N–H and O–H groups in total. The molecule has 0 nitrogen and oxygen atoms in total. The van der Waals surface area contributed by atoms with Crippen molar-refractivity contribution in [3.05, 3.63) is 23.8 Å². The Kier molecular flexibility index (Phi) is 9.14. The van der Waals surface area contributed by atoms with E-state index in [1.807, 2.05) is 27.7 Å². The molecule has 1 saturated carbocycles. The van der Waals surface area contributed by atoms with Gasteiger partial charge < -0.3 is 0 Å². The molecule has 0 heterocycles. The fourth-order valence-electron chi connectivity index (χ4n) is 3.04. The second-order valence-corrected chi connectivity index (χ2v) is 5.31. The molecule has 3 atom stereocenters. The van der Waals surface area contributed by atoms with Crippen LogP contribution in [0.5, 0.6) is 0 Å². The molecule has 0 aliphatic heterocycles. The first kappa shape index (κ1) is 17.5. The lowest BCUT2D eigenvalue weighted by atomic mass is 9.70. The Bertz CT molecular complexity index is 259. The summed E-state index contributed by atoms with van der Waals surface area (Å²) in [5, 5.41) is 0. The minimum Gasteiger partial charge on any atom is -0.0999 e. The molecule has 0 aromatic heterocycles. The van der Waals surface area contributed by atoms with Crippen LogP contribution in [0, 0.1) is 17.8 Å². The van der Waals surface area contributed by atoms with E-state index in [0.717, 1.165) is 17.8 Å². The Morgan fingerprint density at radius 1 is 1.11 bits per heavy atom. The average molecular weight is 250 g/mol. The Balaban J connectivity index is 0.000000659. The van der Waals surface area contributed by atoms with Gasteiger partial charge in [0.05, 0.1) is 0 Å². The predicted octanol–water partition coefficient (Wildman–Crippen LogP) is 6.39. The van der Waals surface area contributed by atoms with Crippen LogP contribution in [0.3, 0.4) is 0 Å². The van der Waals surface area contributed by atoms with Crippen molar-refractivity contribution in [1.82, 2.24) is 0 Å². The van der Waals surface area contributed by atoms with Crippen LogP contribution in [0.25, 0.3) is 0 Å². The maximum Gasteiger partial charge on any atom is -0.0197 e. The molecule has 1 fully saturated rings. The monoisotopic (exact) mass is 250 g/mol. The highest BCUT2D eigenvalue weighted by molar-refractivity contribution is 5.17. The van der Waals surface area contributed by atoms with Crippen LogP contribution in [0.1, 0.15) is 73.6 Å². The average Bonchev–Trinajstić information content (AvgIpc) is 2.42. The lowest BCUT2D eigenvalue weighted by molar-refractivity contribution is 0.319. The van der Waals surface area contributed by atoms with E-state index in [0.29, 0.717) is 0 Å². The van der Waals surface area contributed by atoms with E-state index in [1.54, 1.807) is 5.57 Å². The molecule has 0 radical (unpaired) electrons. The molecule has 2 rings (SSSR count). The van der Waals surface area contributed by atoms with Gasteiger partial charge in [-0.25, -0.2) is 0 Å². The van der Waals surface area contributed by atoms with Gasteiger partial charge in [-0.2, -0.15) is 0 Å². The molecule has 0 spiro atoms. The largest absolute Gasteiger partial charge is 0.0999 e. The molecule has 0 heteroatoms. The van der Waals surface area contributed by atoms with E-state index >= 15 is 0 Å². The van der Waals surface area contributed by atoms with Gasteiger partial charge in [0.2, 0.25) is 0 Å². The summed E-state index contributed by atoms with van der Waals surface area (Å²) in [5.41, 5.74) is 3.17. The fourth-order valence-corrected chi connectivity index (χ4v) is 3.04. The number of hydrogen-bond donors (Lipinski definition) is 0. The Labute approximate surface area is 116 Å². The summed E-state index contributed by atoms with van der Waals surface area (Å²) in [7, 11) is 0. The predicted molar refractivity (Wildman–Crippen MR) is 84.8 cm³/mol. The van der Waals surface area contributed by atoms with Crippen molar-refractivity contribution in [3.63, 3.8) is 0 Å². The van der Waals surface area contributed by atoms with Crippen LogP contribution >= 0.6 is 0 Å². The molecule has 2 aliphatic carbocycles. The van der Waals surface area contributed by atoms with Crippen molar-refractivity contribution in [2.45, 2.75) is 73.6 Å². The third-order valence-corrected chi connectivity index (χ3v) is 4.04. The summed E-state index contributed by atoms with van der Waals surface area (Å²) in [5.74, 6) is 2.55. The maximum atomic E-state index is 4.11. The Morgan fingerprint density at radius 3 is 2.28 bits per heavy atom. The molecule has 0 aromatic rings. The van der Waals surface area contributed by atoms with Crippen molar-refractivity contribution >= 4 is 0 Å². The highest BCUT2D eigenvalue weighted by Gasteiger charge is 2.28. The van der Waals surface area contributed by atoms with Gasteiger partial charge in [-0.05, 0) is 56.8 Å². The summed E-state index contributed by atoms with van der Waals surface area (Å²) < 4.78 is 0. The van der Waals surface area contributed by atoms with Gasteiger partial charge in [0.15, 0.2) is 0 Å². The number of rotatable bonds is 1. The van der Waals surface area contributed by atoms with E-state index in [9.17, 15) is 0 Å². The first-order valence-electron chi connectivity index (χ1n) is 8.03. The van der Waals surface area contributed by atoms with E-state index < -0.39 is 0 Å². The number of fused-ring (bicyclic) bond motifs is 1. The van der Waals surface area contributed by atoms with Crippen LogP contribution < -0.4 is 0 Å². The van der Waals surface area contributed by atoms with Crippen LogP contribution in [0.15, 0.2) is 23.8 Å². The van der Waals surface area contributed by atoms with E-state index in [1.165, 1.54) is 37.7 Å². The Morgan fingerprint density at radius 2 is 1.72 bits per heavy atom. The normalized spacial score (nSPS) is 29.7. The molecule has 0 aromatic carbocycles. The maximum absolute atomic E-state index is 4.11. The zero-order chi connectivity index (χ0) is 14.1. The van der Waals surface area contributed by atoms with Crippen molar-refractivity contribution in [1.29, 1.82) is 0 Å².